The number of hydrogen-bond acceptors (Lipinski definition) is 3. The lowest BCUT2D eigenvalue weighted by Crippen LogP contribution is -1.99. The van der Waals surface area contributed by atoms with Crippen molar-refractivity contribution >= 4 is 22.8 Å². The number of rotatable bonds is 2. The third-order valence-corrected chi connectivity index (χ3v) is 1.20. The van der Waals surface area contributed by atoms with Gasteiger partial charge in [-0.15, -0.1) is 0 Å². The van der Waals surface area contributed by atoms with Gasteiger partial charge in [0, 0.05) is 6.92 Å². The molecule has 0 heterocycles. The van der Waals surface area contributed by atoms with Gasteiger partial charge in [0.15, 0.2) is 5.12 Å². The van der Waals surface area contributed by atoms with Gasteiger partial charge in [0.1, 0.15) is 0 Å². The van der Waals surface area contributed by atoms with Gasteiger partial charge in [0.2, 0.25) is 0 Å². The van der Waals surface area contributed by atoms with E-state index in [1.165, 1.54) is 6.92 Å². The Balaban J connectivity index is 3.18. The number of aliphatic carboxylic acids is 1. The highest BCUT2D eigenvalue weighted by Gasteiger charge is 1.98. The van der Waals surface area contributed by atoms with Crippen LogP contribution in [0.4, 0.5) is 0 Å². The van der Waals surface area contributed by atoms with Gasteiger partial charge in [-0.25, -0.2) is 0 Å². The number of carboxylic acid groups (broad SMARTS) is 1. The molecule has 0 aliphatic heterocycles. The lowest BCUT2D eigenvalue weighted by Gasteiger charge is -1.85. The molecule has 0 aliphatic carbocycles. The summed E-state index contributed by atoms with van der Waals surface area (Å²) in [6, 6.07) is 0. The number of carbonyl (C=O) groups is 2. The predicted molar refractivity (Wildman–Crippen MR) is 30.8 cm³/mol. The van der Waals surface area contributed by atoms with Crippen molar-refractivity contribution in [3.63, 3.8) is 0 Å². The molecule has 8 heavy (non-hydrogen) atoms. The Kier molecular flexibility index (Phi) is 3.26. The maximum Gasteiger partial charge on any atom is 0.313 e. The zero-order valence-electron chi connectivity index (χ0n) is 4.38. The predicted octanol–water partition coefficient (Wildman–Crippen LogP) is 0.351. The Morgan fingerprint density at radius 2 is 2.12 bits per heavy atom. The van der Waals surface area contributed by atoms with E-state index in [-0.39, 0.29) is 10.9 Å². The van der Waals surface area contributed by atoms with Gasteiger partial charge in [0.05, 0.1) is 5.75 Å². The van der Waals surface area contributed by atoms with Gasteiger partial charge >= 0.3 is 5.97 Å². The first kappa shape index (κ1) is 7.49. The first-order valence-electron chi connectivity index (χ1n) is 1.98. The van der Waals surface area contributed by atoms with E-state index in [0.717, 1.165) is 11.8 Å². The molecule has 0 unspecified atom stereocenters. The van der Waals surface area contributed by atoms with Crippen LogP contribution in [-0.2, 0) is 9.59 Å². The van der Waals surface area contributed by atoms with E-state index in [1.807, 2.05) is 0 Å². The van der Waals surface area contributed by atoms with Crippen LogP contribution in [0.3, 0.4) is 0 Å². The van der Waals surface area contributed by atoms with E-state index in [0.29, 0.717) is 0 Å². The summed E-state index contributed by atoms with van der Waals surface area (Å²) in [5.41, 5.74) is 0. The molecule has 0 radical (unpaired) electrons. The molecule has 0 aromatic heterocycles. The Morgan fingerprint density at radius 3 is 2.25 bits per heavy atom. The third-order valence-electron chi connectivity index (χ3n) is 0.399. The zero-order chi connectivity index (χ0) is 6.57. The van der Waals surface area contributed by atoms with E-state index in [9.17, 15) is 9.59 Å². The lowest BCUT2D eigenvalue weighted by atomic mass is 10.8. The third kappa shape index (κ3) is 5.49. The van der Waals surface area contributed by atoms with Crippen molar-refractivity contribution in [2.75, 3.05) is 5.75 Å². The summed E-state index contributed by atoms with van der Waals surface area (Å²) in [4.78, 5) is 19.8. The molecule has 0 aromatic carbocycles. The van der Waals surface area contributed by atoms with Crippen LogP contribution in [0.5, 0.6) is 0 Å². The largest absolute Gasteiger partial charge is 0.481 e. The Bertz CT molecular complexity index is 95.9. The van der Waals surface area contributed by atoms with Crippen LogP contribution in [0.2, 0.25) is 0 Å². The molecule has 0 saturated heterocycles. The minimum absolute atomic E-state index is 0.130. The van der Waals surface area contributed by atoms with Gasteiger partial charge in [-0.05, 0) is 0 Å². The summed E-state index contributed by atoms with van der Waals surface area (Å²) in [6.45, 7) is 1.34. The molecule has 4 heteroatoms. The molecule has 1 N–H and O–H groups in total. The Hall–Kier alpha value is -0.510. The van der Waals surface area contributed by atoms with Gasteiger partial charge in [-0.2, -0.15) is 0 Å². The van der Waals surface area contributed by atoms with Crippen LogP contribution in [0.25, 0.3) is 0 Å². The average Bonchev–Trinajstić information content (AvgIpc) is 1.61. The Morgan fingerprint density at radius 1 is 1.62 bits per heavy atom. The van der Waals surface area contributed by atoms with Crippen molar-refractivity contribution < 1.29 is 14.7 Å². The molecule has 0 amide bonds. The maximum absolute atomic E-state index is 10.0. The van der Waals surface area contributed by atoms with E-state index < -0.39 is 5.97 Å². The second kappa shape index (κ2) is 3.49. The van der Waals surface area contributed by atoms with Gasteiger partial charge in [0.25, 0.3) is 0 Å². The molecule has 0 atom stereocenters. The second-order valence-corrected chi connectivity index (χ2v) is 2.33. The minimum Gasteiger partial charge on any atom is -0.481 e. The van der Waals surface area contributed by atoms with Crippen molar-refractivity contribution in [1.82, 2.24) is 0 Å². The SMILES string of the molecule is CC(=O)SCC(=O)O. The molecule has 0 spiro atoms. The molecule has 0 bridgehead atoms. The van der Waals surface area contributed by atoms with Crippen molar-refractivity contribution in [3.8, 4) is 0 Å². The van der Waals surface area contributed by atoms with E-state index >= 15 is 0 Å². The maximum atomic E-state index is 10.0. The monoisotopic (exact) mass is 134 g/mol. The number of carbonyl (C=O) groups excluding carboxylic acids is 1. The van der Waals surface area contributed by atoms with Crippen LogP contribution >= 0.6 is 11.8 Å². The summed E-state index contributed by atoms with van der Waals surface area (Å²) in [6.07, 6.45) is 0. The summed E-state index contributed by atoms with van der Waals surface area (Å²) < 4.78 is 0. The number of thioether (sulfide) groups is 1. The number of carboxylic acids is 1. The van der Waals surface area contributed by atoms with Crippen molar-refractivity contribution in [2.45, 2.75) is 6.92 Å². The van der Waals surface area contributed by atoms with Crippen LogP contribution < -0.4 is 0 Å². The normalized spacial score (nSPS) is 8.62. The molecule has 46 valence electrons. The highest BCUT2D eigenvalue weighted by atomic mass is 32.2. The molecule has 0 fully saturated rings. The number of hydrogen-bond donors (Lipinski definition) is 1. The Labute approximate surface area is 51.1 Å². The summed E-state index contributed by atoms with van der Waals surface area (Å²) in [7, 11) is 0. The quantitative estimate of drug-likeness (QED) is 0.592. The minimum atomic E-state index is -0.954. The van der Waals surface area contributed by atoms with Crippen LogP contribution in [0.15, 0.2) is 0 Å². The molecule has 0 rings (SSSR count). The highest BCUT2D eigenvalue weighted by Crippen LogP contribution is 1.98. The fourth-order valence-electron chi connectivity index (χ4n) is 0.163. The molecule has 0 aromatic rings. The van der Waals surface area contributed by atoms with Crippen molar-refractivity contribution in [2.24, 2.45) is 0 Å². The molecular formula is C4H6O3S. The highest BCUT2D eigenvalue weighted by molar-refractivity contribution is 8.14. The molecular weight excluding hydrogens is 128 g/mol. The van der Waals surface area contributed by atoms with Gasteiger partial charge in [-0.1, -0.05) is 11.8 Å². The smallest absolute Gasteiger partial charge is 0.313 e. The summed E-state index contributed by atoms with van der Waals surface area (Å²) in [5.74, 6) is -1.08. The fraction of sp³-hybridized carbons (Fsp3) is 0.500. The van der Waals surface area contributed by atoms with Crippen molar-refractivity contribution in [3.05, 3.63) is 0 Å². The van der Waals surface area contributed by atoms with Crippen LogP contribution in [-0.4, -0.2) is 21.9 Å². The lowest BCUT2D eigenvalue weighted by molar-refractivity contribution is -0.134. The second-order valence-electron chi connectivity index (χ2n) is 1.17. The van der Waals surface area contributed by atoms with Gasteiger partial charge < -0.3 is 5.11 Å². The first-order valence-corrected chi connectivity index (χ1v) is 2.96. The van der Waals surface area contributed by atoms with Crippen LogP contribution in [0, 0.1) is 0 Å². The van der Waals surface area contributed by atoms with Crippen LogP contribution in [0.1, 0.15) is 6.92 Å². The molecule has 0 aliphatic rings. The molecule has 3 nitrogen and oxygen atoms in total. The van der Waals surface area contributed by atoms with E-state index in [4.69, 9.17) is 5.11 Å². The van der Waals surface area contributed by atoms with E-state index in [2.05, 4.69) is 0 Å². The summed E-state index contributed by atoms with van der Waals surface area (Å²) in [5, 5.41) is 7.83. The molecule has 0 saturated carbocycles. The van der Waals surface area contributed by atoms with E-state index in [1.54, 1.807) is 0 Å². The van der Waals surface area contributed by atoms with Gasteiger partial charge in [-0.3, -0.25) is 9.59 Å². The standard InChI is InChI=1S/C4H6O3S/c1-3(5)8-2-4(6)7/h2H2,1H3,(H,6,7). The average molecular weight is 134 g/mol. The fourth-order valence-corrected chi connectivity index (χ4v) is 0.490. The summed E-state index contributed by atoms with van der Waals surface area (Å²) >= 11 is 0.801. The van der Waals surface area contributed by atoms with Crippen molar-refractivity contribution in [1.29, 1.82) is 0 Å². The zero-order valence-corrected chi connectivity index (χ0v) is 5.20. The first-order chi connectivity index (χ1) is 3.63. The topological polar surface area (TPSA) is 54.4 Å².